The van der Waals surface area contributed by atoms with Gasteiger partial charge >= 0.3 is 0 Å². The van der Waals surface area contributed by atoms with Crippen LogP contribution in [0, 0.1) is 0 Å². The second kappa shape index (κ2) is 6.46. The summed E-state index contributed by atoms with van der Waals surface area (Å²) in [4.78, 5) is 3.81. The molecule has 1 aromatic heterocycles. The van der Waals surface area contributed by atoms with E-state index in [1.54, 1.807) is 11.3 Å². The number of thiophene rings is 1. The van der Waals surface area contributed by atoms with E-state index in [4.69, 9.17) is 23.2 Å². The lowest BCUT2D eigenvalue weighted by molar-refractivity contribution is 0.201. The van der Waals surface area contributed by atoms with E-state index in [-0.39, 0.29) is 6.04 Å². The summed E-state index contributed by atoms with van der Waals surface area (Å²) in [5.41, 5.74) is 1.14. The molecule has 0 aliphatic carbocycles. The number of benzene rings is 1. The molecule has 0 unspecified atom stereocenters. The molecule has 0 radical (unpaired) electrons. The molecule has 1 atom stereocenters. The van der Waals surface area contributed by atoms with E-state index in [1.807, 2.05) is 12.1 Å². The number of halogens is 2. The van der Waals surface area contributed by atoms with Crippen LogP contribution in [0.25, 0.3) is 0 Å². The first-order valence-electron chi connectivity index (χ1n) is 6.69. The Morgan fingerprint density at radius 2 is 1.95 bits per heavy atom. The van der Waals surface area contributed by atoms with Crippen molar-refractivity contribution in [2.75, 3.05) is 26.2 Å². The number of hydrogen-bond donors (Lipinski definition) is 1. The average molecular weight is 327 g/mol. The lowest BCUT2D eigenvalue weighted by Gasteiger charge is -2.35. The third kappa shape index (κ3) is 3.02. The molecule has 1 fully saturated rings. The zero-order chi connectivity index (χ0) is 13.9. The summed E-state index contributed by atoms with van der Waals surface area (Å²) < 4.78 is 0. The number of nitrogens with one attached hydrogen (secondary N) is 1. The van der Waals surface area contributed by atoms with Crippen LogP contribution in [0.5, 0.6) is 0 Å². The van der Waals surface area contributed by atoms with Gasteiger partial charge in [-0.05, 0) is 29.1 Å². The Hall–Kier alpha value is -0.580. The minimum Gasteiger partial charge on any atom is -0.314 e. The third-order valence-corrected chi connectivity index (χ3v) is 5.07. The van der Waals surface area contributed by atoms with Gasteiger partial charge in [-0.15, -0.1) is 11.3 Å². The molecule has 5 heteroatoms. The van der Waals surface area contributed by atoms with Crippen LogP contribution in [0.4, 0.5) is 0 Å². The number of piperazine rings is 1. The Labute approximate surface area is 133 Å². The molecule has 2 heterocycles. The predicted molar refractivity (Wildman–Crippen MR) is 87.1 cm³/mol. The second-order valence-corrected chi connectivity index (χ2v) is 6.69. The molecule has 20 heavy (non-hydrogen) atoms. The smallest absolute Gasteiger partial charge is 0.0711 e. The third-order valence-electron chi connectivity index (χ3n) is 3.59. The van der Waals surface area contributed by atoms with Crippen LogP contribution >= 0.6 is 34.5 Å². The molecule has 3 rings (SSSR count). The van der Waals surface area contributed by atoms with E-state index in [1.165, 1.54) is 4.88 Å². The quantitative estimate of drug-likeness (QED) is 0.915. The van der Waals surface area contributed by atoms with Crippen LogP contribution in [-0.2, 0) is 0 Å². The van der Waals surface area contributed by atoms with Crippen molar-refractivity contribution in [2.45, 2.75) is 6.04 Å². The van der Waals surface area contributed by atoms with E-state index in [2.05, 4.69) is 33.8 Å². The fraction of sp³-hybridized carbons (Fsp3) is 0.333. The van der Waals surface area contributed by atoms with Gasteiger partial charge in [0.1, 0.15) is 0 Å². The highest BCUT2D eigenvalue weighted by atomic mass is 35.5. The van der Waals surface area contributed by atoms with Crippen molar-refractivity contribution >= 4 is 34.5 Å². The van der Waals surface area contributed by atoms with E-state index in [0.29, 0.717) is 5.02 Å². The summed E-state index contributed by atoms with van der Waals surface area (Å²) in [5.74, 6) is 0. The number of rotatable bonds is 3. The summed E-state index contributed by atoms with van der Waals surface area (Å²) in [6.07, 6.45) is 0. The van der Waals surface area contributed by atoms with E-state index in [9.17, 15) is 0 Å². The van der Waals surface area contributed by atoms with Gasteiger partial charge in [-0.3, -0.25) is 4.90 Å². The zero-order valence-electron chi connectivity index (χ0n) is 11.0. The van der Waals surface area contributed by atoms with Gasteiger partial charge in [-0.25, -0.2) is 0 Å². The topological polar surface area (TPSA) is 15.3 Å². The Kier molecular flexibility index (Phi) is 4.64. The van der Waals surface area contributed by atoms with Gasteiger partial charge in [0, 0.05) is 41.1 Å². The summed E-state index contributed by atoms with van der Waals surface area (Å²) in [6, 6.07) is 10.3. The minimum absolute atomic E-state index is 0.224. The van der Waals surface area contributed by atoms with Gasteiger partial charge in [0.2, 0.25) is 0 Å². The SMILES string of the molecule is Clc1ccc([C@@H](c2cccs2)N2CCNCC2)c(Cl)c1. The molecule has 106 valence electrons. The molecular formula is C15H16Cl2N2S. The largest absolute Gasteiger partial charge is 0.314 e. The first-order chi connectivity index (χ1) is 9.75. The van der Waals surface area contributed by atoms with Gasteiger partial charge in [-0.2, -0.15) is 0 Å². The highest BCUT2D eigenvalue weighted by Crippen LogP contribution is 2.36. The fourth-order valence-electron chi connectivity index (χ4n) is 2.64. The van der Waals surface area contributed by atoms with Crippen molar-refractivity contribution in [3.05, 3.63) is 56.2 Å². The summed E-state index contributed by atoms with van der Waals surface area (Å²) in [6.45, 7) is 4.10. The monoisotopic (exact) mass is 326 g/mol. The molecule has 0 bridgehead atoms. The van der Waals surface area contributed by atoms with Crippen molar-refractivity contribution in [1.29, 1.82) is 0 Å². The zero-order valence-corrected chi connectivity index (χ0v) is 13.3. The van der Waals surface area contributed by atoms with Crippen LogP contribution in [0.3, 0.4) is 0 Å². The van der Waals surface area contributed by atoms with Crippen molar-refractivity contribution < 1.29 is 0 Å². The van der Waals surface area contributed by atoms with E-state index < -0.39 is 0 Å². The van der Waals surface area contributed by atoms with Crippen molar-refractivity contribution in [3.8, 4) is 0 Å². The first-order valence-corrected chi connectivity index (χ1v) is 8.32. The normalized spacial score (nSPS) is 18.1. The van der Waals surface area contributed by atoms with Gasteiger partial charge in [0.15, 0.2) is 0 Å². The fourth-order valence-corrected chi connectivity index (χ4v) is 4.03. The lowest BCUT2D eigenvalue weighted by Crippen LogP contribution is -2.45. The molecule has 0 amide bonds. The molecule has 0 saturated carbocycles. The van der Waals surface area contributed by atoms with Crippen LogP contribution in [-0.4, -0.2) is 31.1 Å². The molecule has 1 saturated heterocycles. The summed E-state index contributed by atoms with van der Waals surface area (Å²) in [7, 11) is 0. The summed E-state index contributed by atoms with van der Waals surface area (Å²) >= 11 is 14.2. The van der Waals surface area contributed by atoms with Gasteiger partial charge in [0.25, 0.3) is 0 Å². The molecule has 1 N–H and O–H groups in total. The predicted octanol–water partition coefficient (Wildman–Crippen LogP) is 4.05. The molecular weight excluding hydrogens is 311 g/mol. The Morgan fingerprint density at radius 1 is 1.15 bits per heavy atom. The van der Waals surface area contributed by atoms with Crippen molar-refractivity contribution in [2.24, 2.45) is 0 Å². The highest BCUT2D eigenvalue weighted by molar-refractivity contribution is 7.10. The standard InChI is InChI=1S/C15H16Cl2N2S/c16-11-3-4-12(13(17)10-11)15(14-2-1-9-20-14)19-7-5-18-6-8-19/h1-4,9-10,15,18H,5-8H2/t15-/m0/s1. The van der Waals surface area contributed by atoms with Gasteiger partial charge < -0.3 is 5.32 Å². The van der Waals surface area contributed by atoms with Gasteiger partial charge in [0.05, 0.1) is 6.04 Å². The number of hydrogen-bond acceptors (Lipinski definition) is 3. The summed E-state index contributed by atoms with van der Waals surface area (Å²) in [5, 5.41) is 6.95. The van der Waals surface area contributed by atoms with Gasteiger partial charge in [-0.1, -0.05) is 35.3 Å². The maximum absolute atomic E-state index is 6.44. The Bertz CT molecular complexity index is 565. The van der Waals surface area contributed by atoms with Crippen LogP contribution in [0.2, 0.25) is 10.0 Å². The van der Waals surface area contributed by atoms with E-state index in [0.717, 1.165) is 36.8 Å². The molecule has 1 aliphatic heterocycles. The lowest BCUT2D eigenvalue weighted by atomic mass is 10.0. The molecule has 2 aromatic rings. The molecule has 2 nitrogen and oxygen atoms in total. The van der Waals surface area contributed by atoms with Crippen LogP contribution in [0.15, 0.2) is 35.7 Å². The van der Waals surface area contributed by atoms with E-state index >= 15 is 0 Å². The Balaban J connectivity index is 2.00. The van der Waals surface area contributed by atoms with Crippen LogP contribution in [0.1, 0.15) is 16.5 Å². The minimum atomic E-state index is 0.224. The maximum atomic E-state index is 6.44. The Morgan fingerprint density at radius 3 is 2.60 bits per heavy atom. The molecule has 1 aliphatic rings. The average Bonchev–Trinajstić information content (AvgIpc) is 2.97. The first kappa shape index (κ1) is 14.4. The van der Waals surface area contributed by atoms with Crippen molar-refractivity contribution in [1.82, 2.24) is 10.2 Å². The highest BCUT2D eigenvalue weighted by Gasteiger charge is 2.26. The maximum Gasteiger partial charge on any atom is 0.0711 e. The van der Waals surface area contributed by atoms with Crippen LogP contribution < -0.4 is 5.32 Å². The molecule has 0 spiro atoms. The van der Waals surface area contributed by atoms with Crippen molar-refractivity contribution in [3.63, 3.8) is 0 Å². The second-order valence-electron chi connectivity index (χ2n) is 4.87. The number of nitrogens with zero attached hydrogens (tertiary/aromatic N) is 1. The molecule has 1 aromatic carbocycles.